The summed E-state index contributed by atoms with van der Waals surface area (Å²) in [5, 5.41) is 26.6. The Morgan fingerprint density at radius 1 is 1.07 bits per heavy atom. The van der Waals surface area contributed by atoms with Crippen LogP contribution in [0.25, 0.3) is 0 Å². The van der Waals surface area contributed by atoms with Gasteiger partial charge in [-0.25, -0.2) is 4.79 Å². The number of carbonyl (C=O) groups is 2. The SMILES string of the molecule is CC1=CCCC2(C)C(CCC2(O)CN(Cc2ccccc2)C(=O)NC(C)C)c2ccc(cc2C(=O)c2ccco2)CC(O)CC1. The van der Waals surface area contributed by atoms with Crippen LogP contribution in [0.2, 0.25) is 0 Å². The van der Waals surface area contributed by atoms with Crippen molar-refractivity contribution in [3.05, 3.63) is 107 Å². The van der Waals surface area contributed by atoms with Crippen molar-refractivity contribution in [3.63, 3.8) is 0 Å². The molecular weight excluding hydrogens is 564 g/mol. The van der Waals surface area contributed by atoms with E-state index in [4.69, 9.17) is 4.42 Å². The molecule has 1 fully saturated rings. The van der Waals surface area contributed by atoms with E-state index in [0.29, 0.717) is 44.2 Å². The number of nitrogens with zero attached hydrogens (tertiary/aromatic N) is 1. The molecule has 7 heteroatoms. The standard InChI is InChI=1S/C38H48N2O5/c1-26(2)39-36(43)40(24-28-11-6-5-7-12-28)25-38(44)20-18-33-31-17-15-29(23-32(31)35(42)34-13-9-21-45-34)22-30(41)16-14-27(3)10-8-19-37(33,38)4/h5-7,9-13,15,17,21,23,26,30,33,41,44H,8,14,16,18-20,22,24-25H2,1-4H3,(H,39,43). The number of ketones is 1. The topological polar surface area (TPSA) is 103 Å². The maximum atomic E-state index is 13.9. The molecule has 3 N–H and O–H groups in total. The molecule has 4 atom stereocenters. The van der Waals surface area contributed by atoms with Gasteiger partial charge in [0, 0.05) is 23.6 Å². The predicted molar refractivity (Wildman–Crippen MR) is 176 cm³/mol. The molecule has 6 rings (SSSR count). The number of furan rings is 1. The van der Waals surface area contributed by atoms with Crippen LogP contribution in [0.5, 0.6) is 0 Å². The molecule has 3 aromatic rings. The molecule has 2 bridgehead atoms. The summed E-state index contributed by atoms with van der Waals surface area (Å²) in [7, 11) is 0. The third-order valence-corrected chi connectivity index (χ3v) is 10.0. The van der Waals surface area contributed by atoms with Gasteiger partial charge in [0.25, 0.3) is 0 Å². The van der Waals surface area contributed by atoms with E-state index < -0.39 is 17.1 Å². The van der Waals surface area contributed by atoms with E-state index in [9.17, 15) is 19.8 Å². The maximum absolute atomic E-state index is 13.9. The second-order valence-electron chi connectivity index (χ2n) is 13.7. The van der Waals surface area contributed by atoms with Gasteiger partial charge in [-0.2, -0.15) is 0 Å². The highest BCUT2D eigenvalue weighted by atomic mass is 16.3. The van der Waals surface area contributed by atoms with Crippen molar-refractivity contribution in [3.8, 4) is 0 Å². The molecule has 3 aliphatic carbocycles. The molecule has 45 heavy (non-hydrogen) atoms. The fraction of sp³-hybridized carbons (Fsp3) is 0.474. The van der Waals surface area contributed by atoms with Crippen LogP contribution < -0.4 is 5.32 Å². The number of benzene rings is 2. The Labute approximate surface area is 267 Å². The van der Waals surface area contributed by atoms with Crippen molar-refractivity contribution < 1.29 is 24.2 Å². The number of amides is 2. The normalized spacial score (nSPS) is 25.4. The van der Waals surface area contributed by atoms with Gasteiger partial charge in [-0.3, -0.25) is 4.79 Å². The molecule has 240 valence electrons. The van der Waals surface area contributed by atoms with Crippen molar-refractivity contribution >= 4 is 11.8 Å². The molecule has 7 nitrogen and oxygen atoms in total. The molecule has 3 aliphatic rings. The molecule has 0 radical (unpaired) electrons. The van der Waals surface area contributed by atoms with E-state index in [0.717, 1.165) is 29.5 Å². The van der Waals surface area contributed by atoms with Gasteiger partial charge in [0.15, 0.2) is 5.76 Å². The van der Waals surface area contributed by atoms with E-state index in [1.807, 2.05) is 62.4 Å². The summed E-state index contributed by atoms with van der Waals surface area (Å²) in [5.74, 6) is -0.0734. The zero-order valence-electron chi connectivity index (χ0n) is 27.1. The summed E-state index contributed by atoms with van der Waals surface area (Å²) in [6.45, 7) is 8.66. The van der Waals surface area contributed by atoms with Crippen LogP contribution in [0.3, 0.4) is 0 Å². The van der Waals surface area contributed by atoms with Crippen molar-refractivity contribution in [2.75, 3.05) is 6.54 Å². The van der Waals surface area contributed by atoms with Crippen LogP contribution in [0.15, 0.2) is 83.0 Å². The molecule has 1 aromatic heterocycles. The number of allylic oxidation sites excluding steroid dienone is 2. The van der Waals surface area contributed by atoms with Gasteiger partial charge in [-0.05, 0) is 107 Å². The smallest absolute Gasteiger partial charge is 0.317 e. The Balaban J connectivity index is 1.58. The largest absolute Gasteiger partial charge is 0.461 e. The minimum absolute atomic E-state index is 0.0491. The predicted octanol–water partition coefficient (Wildman–Crippen LogP) is 7.17. The molecule has 1 heterocycles. The number of hydrogen-bond donors (Lipinski definition) is 3. The van der Waals surface area contributed by atoms with Gasteiger partial charge in [-0.1, -0.05) is 61.0 Å². The molecule has 4 unspecified atom stereocenters. The first-order chi connectivity index (χ1) is 21.5. The number of rotatable bonds is 7. The van der Waals surface area contributed by atoms with Crippen molar-refractivity contribution in [2.45, 2.75) is 103 Å². The Hall–Kier alpha value is -3.68. The summed E-state index contributed by atoms with van der Waals surface area (Å²) in [5.41, 5.74) is 2.68. The van der Waals surface area contributed by atoms with Crippen molar-refractivity contribution in [2.24, 2.45) is 5.41 Å². The third kappa shape index (κ3) is 7.26. The summed E-state index contributed by atoms with van der Waals surface area (Å²) in [6.07, 6.45) is 7.67. The molecule has 0 spiro atoms. The summed E-state index contributed by atoms with van der Waals surface area (Å²) >= 11 is 0. The Bertz CT molecular complexity index is 1500. The first-order valence-corrected chi connectivity index (χ1v) is 16.4. The summed E-state index contributed by atoms with van der Waals surface area (Å²) in [4.78, 5) is 29.3. The second-order valence-corrected chi connectivity index (χ2v) is 13.7. The van der Waals surface area contributed by atoms with Crippen LogP contribution in [-0.4, -0.2) is 51.2 Å². The van der Waals surface area contributed by atoms with E-state index in [-0.39, 0.29) is 36.1 Å². The zero-order valence-corrected chi connectivity index (χ0v) is 27.1. The average Bonchev–Trinajstić information content (AvgIpc) is 3.63. The van der Waals surface area contributed by atoms with Gasteiger partial charge in [0.2, 0.25) is 5.78 Å². The Morgan fingerprint density at radius 3 is 2.56 bits per heavy atom. The molecule has 1 saturated carbocycles. The van der Waals surface area contributed by atoms with Gasteiger partial charge >= 0.3 is 6.03 Å². The van der Waals surface area contributed by atoms with Gasteiger partial charge in [0.05, 0.1) is 24.5 Å². The van der Waals surface area contributed by atoms with Gasteiger partial charge in [0.1, 0.15) is 0 Å². The zero-order chi connectivity index (χ0) is 32.2. The first kappa shape index (κ1) is 32.7. The minimum atomic E-state index is -1.21. The molecule has 2 amide bonds. The Morgan fingerprint density at radius 2 is 1.84 bits per heavy atom. The fourth-order valence-electron chi connectivity index (χ4n) is 7.39. The number of aliphatic hydroxyl groups excluding tert-OH is 1. The number of hydrogen-bond acceptors (Lipinski definition) is 5. The lowest BCUT2D eigenvalue weighted by Gasteiger charge is -2.46. The maximum Gasteiger partial charge on any atom is 0.317 e. The monoisotopic (exact) mass is 612 g/mol. The van der Waals surface area contributed by atoms with E-state index in [2.05, 4.69) is 25.2 Å². The number of urea groups is 1. The van der Waals surface area contributed by atoms with Crippen LogP contribution in [0, 0.1) is 5.41 Å². The number of aliphatic hydroxyl groups is 2. The van der Waals surface area contributed by atoms with Gasteiger partial charge in [-0.15, -0.1) is 0 Å². The molecule has 0 saturated heterocycles. The first-order valence-electron chi connectivity index (χ1n) is 16.4. The van der Waals surface area contributed by atoms with E-state index in [1.165, 1.54) is 11.8 Å². The summed E-state index contributed by atoms with van der Waals surface area (Å²) in [6, 6.07) is 19.0. The second kappa shape index (κ2) is 13.8. The minimum Gasteiger partial charge on any atom is -0.461 e. The van der Waals surface area contributed by atoms with Crippen LogP contribution >= 0.6 is 0 Å². The lowest BCUT2D eigenvalue weighted by Crippen LogP contribution is -2.55. The fourth-order valence-corrected chi connectivity index (χ4v) is 7.39. The van der Waals surface area contributed by atoms with Gasteiger partial charge < -0.3 is 24.8 Å². The summed E-state index contributed by atoms with van der Waals surface area (Å²) < 4.78 is 5.55. The van der Waals surface area contributed by atoms with Crippen LogP contribution in [-0.2, 0) is 13.0 Å². The highest BCUT2D eigenvalue weighted by molar-refractivity contribution is 6.08. The third-order valence-electron chi connectivity index (χ3n) is 10.0. The highest BCUT2D eigenvalue weighted by Gasteiger charge is 2.57. The van der Waals surface area contributed by atoms with E-state index >= 15 is 0 Å². The number of nitrogens with one attached hydrogen (secondary N) is 1. The molecule has 0 aliphatic heterocycles. The van der Waals surface area contributed by atoms with Crippen LogP contribution in [0.4, 0.5) is 4.79 Å². The lowest BCUT2D eigenvalue weighted by molar-refractivity contribution is -0.0781. The molecule has 2 aromatic carbocycles. The highest BCUT2D eigenvalue weighted by Crippen LogP contribution is 2.59. The van der Waals surface area contributed by atoms with Crippen molar-refractivity contribution in [1.82, 2.24) is 10.2 Å². The lowest BCUT2D eigenvalue weighted by atomic mass is 9.64. The Kier molecular flexibility index (Phi) is 10.00. The van der Waals surface area contributed by atoms with Crippen molar-refractivity contribution in [1.29, 1.82) is 0 Å². The number of fused-ring (bicyclic) bond motifs is 8. The molecular formula is C38H48N2O5. The quantitative estimate of drug-likeness (QED) is 0.194. The number of carbonyl (C=O) groups excluding carboxylic acids is 2. The van der Waals surface area contributed by atoms with Crippen LogP contribution in [0.1, 0.15) is 105 Å². The van der Waals surface area contributed by atoms with E-state index in [1.54, 1.807) is 17.0 Å². The average molecular weight is 613 g/mol.